The summed E-state index contributed by atoms with van der Waals surface area (Å²) >= 11 is 0. The number of fused-ring (bicyclic) bond motifs is 1. The Balaban J connectivity index is 1.95. The largest absolute Gasteiger partial charge is 0.372 e. The van der Waals surface area contributed by atoms with Crippen molar-refractivity contribution >= 4 is 22.8 Å². The van der Waals surface area contributed by atoms with Gasteiger partial charge in [0.25, 0.3) is 0 Å². The standard InChI is InChI=1S/C13H18N6O/c1-8-4-11(20)19(6-8)7-10-16-12(14-2)9-5-15-18(3)13(9)17-10/h5,8H,4,6-7H2,1-3H3,(H,14,16,17). The zero-order valence-corrected chi connectivity index (χ0v) is 11.9. The molecule has 1 unspecified atom stereocenters. The van der Waals surface area contributed by atoms with Crippen LogP contribution in [0.15, 0.2) is 6.20 Å². The van der Waals surface area contributed by atoms with Crippen LogP contribution in [-0.4, -0.2) is 44.1 Å². The van der Waals surface area contributed by atoms with Gasteiger partial charge in [0.1, 0.15) is 5.82 Å². The summed E-state index contributed by atoms with van der Waals surface area (Å²) < 4.78 is 1.72. The van der Waals surface area contributed by atoms with Gasteiger partial charge in [0.15, 0.2) is 11.5 Å². The molecule has 3 heterocycles. The highest BCUT2D eigenvalue weighted by molar-refractivity contribution is 5.86. The maximum absolute atomic E-state index is 11.9. The lowest BCUT2D eigenvalue weighted by Gasteiger charge is -2.15. The van der Waals surface area contributed by atoms with Crippen molar-refractivity contribution < 1.29 is 4.79 Å². The van der Waals surface area contributed by atoms with Crippen molar-refractivity contribution in [1.82, 2.24) is 24.6 Å². The van der Waals surface area contributed by atoms with Crippen LogP contribution < -0.4 is 5.32 Å². The highest BCUT2D eigenvalue weighted by Gasteiger charge is 2.27. The van der Waals surface area contributed by atoms with Gasteiger partial charge in [0.05, 0.1) is 18.1 Å². The van der Waals surface area contributed by atoms with E-state index in [4.69, 9.17) is 0 Å². The van der Waals surface area contributed by atoms with E-state index < -0.39 is 0 Å². The van der Waals surface area contributed by atoms with Gasteiger partial charge in [0, 0.05) is 27.1 Å². The third kappa shape index (κ3) is 2.09. The Bertz CT molecular complexity index is 664. The van der Waals surface area contributed by atoms with E-state index in [1.54, 1.807) is 10.9 Å². The maximum atomic E-state index is 11.9. The summed E-state index contributed by atoms with van der Waals surface area (Å²) in [5, 5.41) is 8.15. The first-order chi connectivity index (χ1) is 9.58. The molecule has 3 rings (SSSR count). The number of hydrogen-bond donors (Lipinski definition) is 1. The number of aromatic nitrogens is 4. The summed E-state index contributed by atoms with van der Waals surface area (Å²) in [5.41, 5.74) is 0.777. The molecule has 0 aromatic carbocycles. The van der Waals surface area contributed by atoms with Gasteiger partial charge in [0.2, 0.25) is 5.91 Å². The van der Waals surface area contributed by atoms with E-state index in [2.05, 4.69) is 27.3 Å². The molecule has 1 N–H and O–H groups in total. The van der Waals surface area contributed by atoms with E-state index in [0.29, 0.717) is 24.7 Å². The molecule has 0 spiro atoms. The van der Waals surface area contributed by atoms with Crippen LogP contribution >= 0.6 is 0 Å². The Morgan fingerprint density at radius 2 is 2.25 bits per heavy atom. The summed E-state index contributed by atoms with van der Waals surface area (Å²) in [6.45, 7) is 3.32. The van der Waals surface area contributed by atoms with Gasteiger partial charge < -0.3 is 10.2 Å². The molecule has 0 radical (unpaired) electrons. The summed E-state index contributed by atoms with van der Waals surface area (Å²) in [6, 6.07) is 0. The molecule has 1 fully saturated rings. The molecule has 2 aromatic heterocycles. The smallest absolute Gasteiger partial charge is 0.223 e. The van der Waals surface area contributed by atoms with Crippen LogP contribution in [0.2, 0.25) is 0 Å². The molecule has 106 valence electrons. The third-order valence-electron chi connectivity index (χ3n) is 3.62. The predicted octanol–water partition coefficient (Wildman–Crippen LogP) is 0.773. The number of likely N-dealkylation sites (tertiary alicyclic amines) is 1. The van der Waals surface area contributed by atoms with Crippen LogP contribution in [0.5, 0.6) is 0 Å². The molecule has 1 saturated heterocycles. The number of carbonyl (C=O) groups excluding carboxylic acids is 1. The molecule has 0 bridgehead atoms. The van der Waals surface area contributed by atoms with Gasteiger partial charge in [-0.2, -0.15) is 5.10 Å². The molecule has 7 nitrogen and oxygen atoms in total. The molecule has 7 heteroatoms. The number of nitrogens with one attached hydrogen (secondary N) is 1. The minimum Gasteiger partial charge on any atom is -0.372 e. The maximum Gasteiger partial charge on any atom is 0.223 e. The summed E-state index contributed by atoms with van der Waals surface area (Å²) in [5.74, 6) is 1.98. The second-order valence-electron chi connectivity index (χ2n) is 5.33. The van der Waals surface area contributed by atoms with Crippen molar-refractivity contribution in [3.05, 3.63) is 12.0 Å². The lowest BCUT2D eigenvalue weighted by molar-refractivity contribution is -0.128. The Kier molecular flexibility index (Phi) is 3.04. The molecule has 1 atom stereocenters. The number of rotatable bonds is 3. The van der Waals surface area contributed by atoms with Crippen molar-refractivity contribution in [1.29, 1.82) is 0 Å². The first-order valence-electron chi connectivity index (χ1n) is 6.72. The Labute approximate surface area is 117 Å². The second kappa shape index (κ2) is 4.73. The van der Waals surface area contributed by atoms with Crippen molar-refractivity contribution in [2.75, 3.05) is 18.9 Å². The molecule has 1 amide bonds. The fraction of sp³-hybridized carbons (Fsp3) is 0.538. The van der Waals surface area contributed by atoms with Crippen molar-refractivity contribution in [2.45, 2.75) is 19.9 Å². The van der Waals surface area contributed by atoms with Crippen molar-refractivity contribution in [3.63, 3.8) is 0 Å². The molecular weight excluding hydrogens is 256 g/mol. The second-order valence-corrected chi connectivity index (χ2v) is 5.33. The van der Waals surface area contributed by atoms with Gasteiger partial charge in [-0.1, -0.05) is 6.92 Å². The number of hydrogen-bond acceptors (Lipinski definition) is 5. The fourth-order valence-corrected chi connectivity index (χ4v) is 2.62. The van der Waals surface area contributed by atoms with Crippen LogP contribution in [0, 0.1) is 5.92 Å². The van der Waals surface area contributed by atoms with Crippen LogP contribution in [0.1, 0.15) is 19.2 Å². The van der Waals surface area contributed by atoms with Crippen LogP contribution in [0.3, 0.4) is 0 Å². The average molecular weight is 274 g/mol. The van der Waals surface area contributed by atoms with Gasteiger partial charge in [-0.15, -0.1) is 0 Å². The Morgan fingerprint density at radius 1 is 1.45 bits per heavy atom. The van der Waals surface area contributed by atoms with E-state index in [0.717, 1.165) is 23.4 Å². The van der Waals surface area contributed by atoms with Gasteiger partial charge in [-0.05, 0) is 5.92 Å². The molecule has 0 saturated carbocycles. The third-order valence-corrected chi connectivity index (χ3v) is 3.62. The SMILES string of the molecule is CNc1nc(CN2CC(C)CC2=O)nc2c1cnn2C. The summed E-state index contributed by atoms with van der Waals surface area (Å²) in [6.07, 6.45) is 2.36. The highest BCUT2D eigenvalue weighted by Crippen LogP contribution is 2.22. The van der Waals surface area contributed by atoms with E-state index in [9.17, 15) is 4.79 Å². The normalized spacial score (nSPS) is 19.1. The van der Waals surface area contributed by atoms with Crippen LogP contribution in [0.25, 0.3) is 11.0 Å². The minimum absolute atomic E-state index is 0.178. The van der Waals surface area contributed by atoms with Crippen molar-refractivity contribution in [3.8, 4) is 0 Å². The molecular formula is C13H18N6O. The van der Waals surface area contributed by atoms with Gasteiger partial charge >= 0.3 is 0 Å². The molecule has 2 aromatic rings. The topological polar surface area (TPSA) is 75.9 Å². The summed E-state index contributed by atoms with van der Waals surface area (Å²) in [7, 11) is 3.67. The number of amides is 1. The first kappa shape index (κ1) is 12.8. The number of anilines is 1. The molecule has 1 aliphatic heterocycles. The number of carbonyl (C=O) groups is 1. The number of aryl methyl sites for hydroxylation is 1. The van der Waals surface area contributed by atoms with E-state index >= 15 is 0 Å². The minimum atomic E-state index is 0.178. The monoisotopic (exact) mass is 274 g/mol. The van der Waals surface area contributed by atoms with Crippen LogP contribution in [0.4, 0.5) is 5.82 Å². The fourth-order valence-electron chi connectivity index (χ4n) is 2.62. The van der Waals surface area contributed by atoms with E-state index in [-0.39, 0.29) is 5.91 Å². The average Bonchev–Trinajstić information content (AvgIpc) is 2.93. The molecule has 1 aliphatic rings. The van der Waals surface area contributed by atoms with Crippen molar-refractivity contribution in [2.24, 2.45) is 13.0 Å². The van der Waals surface area contributed by atoms with Gasteiger partial charge in [-0.3, -0.25) is 9.48 Å². The zero-order valence-electron chi connectivity index (χ0n) is 11.9. The Hall–Kier alpha value is -2.18. The quantitative estimate of drug-likeness (QED) is 0.895. The lowest BCUT2D eigenvalue weighted by atomic mass is 10.2. The van der Waals surface area contributed by atoms with E-state index in [1.807, 2.05) is 19.0 Å². The highest BCUT2D eigenvalue weighted by atomic mass is 16.2. The zero-order chi connectivity index (χ0) is 14.3. The summed E-state index contributed by atoms with van der Waals surface area (Å²) in [4.78, 5) is 22.7. The Morgan fingerprint density at radius 3 is 2.90 bits per heavy atom. The first-order valence-corrected chi connectivity index (χ1v) is 6.72. The lowest BCUT2D eigenvalue weighted by Crippen LogP contribution is -2.25. The van der Waals surface area contributed by atoms with E-state index in [1.165, 1.54) is 0 Å². The predicted molar refractivity (Wildman–Crippen MR) is 75.0 cm³/mol. The molecule has 20 heavy (non-hydrogen) atoms. The number of nitrogens with zero attached hydrogens (tertiary/aromatic N) is 5. The molecule has 0 aliphatic carbocycles. The van der Waals surface area contributed by atoms with Crippen LogP contribution in [-0.2, 0) is 18.4 Å². The van der Waals surface area contributed by atoms with Gasteiger partial charge in [-0.25, -0.2) is 9.97 Å².